The van der Waals surface area contributed by atoms with Crippen molar-refractivity contribution in [2.45, 2.75) is 12.8 Å². The first-order chi connectivity index (χ1) is 5.63. The lowest BCUT2D eigenvalue weighted by Crippen LogP contribution is -2.12. The molecule has 0 heterocycles. The predicted octanol–water partition coefficient (Wildman–Crippen LogP) is 0.802. The summed E-state index contributed by atoms with van der Waals surface area (Å²) in [6.45, 7) is 0. The van der Waals surface area contributed by atoms with Gasteiger partial charge in [-0.05, 0) is 12.8 Å². The monoisotopic (exact) mass is 168 g/mol. The molecule has 0 bridgehead atoms. The van der Waals surface area contributed by atoms with Crippen LogP contribution in [0.3, 0.4) is 0 Å². The molecule has 64 valence electrons. The molecule has 0 atom stereocenters. The zero-order valence-corrected chi connectivity index (χ0v) is 6.28. The lowest BCUT2D eigenvalue weighted by molar-refractivity contribution is -0.136. The molecule has 0 aliphatic heterocycles. The maximum atomic E-state index is 10.5. The Kier molecular flexibility index (Phi) is 2.28. The fourth-order valence-electron chi connectivity index (χ4n) is 1.08. The van der Waals surface area contributed by atoms with E-state index in [2.05, 4.69) is 0 Å². The van der Waals surface area contributed by atoms with E-state index in [9.17, 15) is 9.59 Å². The van der Waals surface area contributed by atoms with Crippen LogP contribution in [0, 0.1) is 0 Å². The Bertz CT molecular complexity index is 257. The van der Waals surface area contributed by atoms with Crippen LogP contribution in [-0.2, 0) is 9.59 Å². The van der Waals surface area contributed by atoms with Gasteiger partial charge in [-0.2, -0.15) is 0 Å². The largest absolute Gasteiger partial charge is 0.478 e. The van der Waals surface area contributed by atoms with Gasteiger partial charge in [0.25, 0.3) is 0 Å². The van der Waals surface area contributed by atoms with Crippen molar-refractivity contribution in [2.24, 2.45) is 0 Å². The summed E-state index contributed by atoms with van der Waals surface area (Å²) in [5.41, 5.74) is -0.0185. The van der Waals surface area contributed by atoms with Gasteiger partial charge in [0.05, 0.1) is 11.1 Å². The molecule has 12 heavy (non-hydrogen) atoms. The van der Waals surface area contributed by atoms with Crippen LogP contribution in [0.15, 0.2) is 23.3 Å². The fraction of sp³-hybridized carbons (Fsp3) is 0.250. The molecule has 0 radical (unpaired) electrons. The number of rotatable bonds is 2. The second kappa shape index (κ2) is 3.21. The summed E-state index contributed by atoms with van der Waals surface area (Å²) < 4.78 is 0. The number of carbonyl (C=O) groups is 2. The second-order valence-corrected chi connectivity index (χ2v) is 2.45. The molecule has 0 saturated heterocycles. The SMILES string of the molecule is O=C(O)C1=C(C(=O)O)CC=CC1. The molecule has 1 rings (SSSR count). The maximum Gasteiger partial charge on any atom is 0.332 e. The lowest BCUT2D eigenvalue weighted by Gasteiger charge is -2.08. The van der Waals surface area contributed by atoms with E-state index in [0.29, 0.717) is 0 Å². The van der Waals surface area contributed by atoms with Crippen molar-refractivity contribution in [2.75, 3.05) is 0 Å². The van der Waals surface area contributed by atoms with Crippen LogP contribution in [0.2, 0.25) is 0 Å². The molecule has 0 saturated carbocycles. The summed E-state index contributed by atoms with van der Waals surface area (Å²) in [5.74, 6) is -2.28. The summed E-state index contributed by atoms with van der Waals surface area (Å²) in [6, 6.07) is 0. The third-order valence-corrected chi connectivity index (χ3v) is 1.69. The first-order valence-electron chi connectivity index (χ1n) is 3.46. The Hall–Kier alpha value is -1.58. The first-order valence-corrected chi connectivity index (χ1v) is 3.46. The summed E-state index contributed by atoms with van der Waals surface area (Å²) in [7, 11) is 0. The van der Waals surface area contributed by atoms with Crippen LogP contribution in [0.4, 0.5) is 0 Å². The van der Waals surface area contributed by atoms with Crippen LogP contribution >= 0.6 is 0 Å². The topological polar surface area (TPSA) is 74.6 Å². The lowest BCUT2D eigenvalue weighted by atomic mass is 9.97. The Morgan fingerprint density at radius 1 is 1.00 bits per heavy atom. The zero-order chi connectivity index (χ0) is 9.14. The smallest absolute Gasteiger partial charge is 0.332 e. The summed E-state index contributed by atoms with van der Waals surface area (Å²) in [4.78, 5) is 21.0. The highest BCUT2D eigenvalue weighted by atomic mass is 16.4. The summed E-state index contributed by atoms with van der Waals surface area (Å²) >= 11 is 0. The molecule has 0 aromatic rings. The van der Waals surface area contributed by atoms with Crippen LogP contribution in [0.1, 0.15) is 12.8 Å². The number of hydrogen-bond donors (Lipinski definition) is 2. The van der Waals surface area contributed by atoms with E-state index in [-0.39, 0.29) is 24.0 Å². The van der Waals surface area contributed by atoms with Gasteiger partial charge in [-0.1, -0.05) is 12.2 Å². The van der Waals surface area contributed by atoms with Crippen LogP contribution < -0.4 is 0 Å². The van der Waals surface area contributed by atoms with Gasteiger partial charge < -0.3 is 10.2 Å². The standard InChI is InChI=1S/C8H8O4/c9-7(10)5-3-1-2-4-6(5)8(11)12/h1-2H,3-4H2,(H,9,10)(H,11,12). The third kappa shape index (κ3) is 1.53. The van der Waals surface area contributed by atoms with Crippen LogP contribution in [0.25, 0.3) is 0 Å². The van der Waals surface area contributed by atoms with Gasteiger partial charge in [0, 0.05) is 0 Å². The minimum atomic E-state index is -1.14. The third-order valence-electron chi connectivity index (χ3n) is 1.69. The molecular formula is C8H8O4. The minimum absolute atomic E-state index is 0.00926. The molecule has 2 N–H and O–H groups in total. The van der Waals surface area contributed by atoms with Crippen molar-refractivity contribution in [3.8, 4) is 0 Å². The zero-order valence-electron chi connectivity index (χ0n) is 6.28. The van der Waals surface area contributed by atoms with Crippen LogP contribution in [-0.4, -0.2) is 22.2 Å². The first kappa shape index (κ1) is 8.52. The van der Waals surface area contributed by atoms with E-state index >= 15 is 0 Å². The van der Waals surface area contributed by atoms with Crippen molar-refractivity contribution in [3.05, 3.63) is 23.3 Å². The maximum absolute atomic E-state index is 10.5. The molecule has 1 aliphatic rings. The number of carboxylic acids is 2. The van der Waals surface area contributed by atoms with Gasteiger partial charge in [-0.25, -0.2) is 9.59 Å². The number of hydrogen-bond acceptors (Lipinski definition) is 2. The Morgan fingerprint density at radius 3 is 1.58 bits per heavy atom. The van der Waals surface area contributed by atoms with Crippen molar-refractivity contribution in [1.82, 2.24) is 0 Å². The fourth-order valence-corrected chi connectivity index (χ4v) is 1.08. The predicted molar refractivity (Wildman–Crippen MR) is 40.7 cm³/mol. The second-order valence-electron chi connectivity index (χ2n) is 2.45. The minimum Gasteiger partial charge on any atom is -0.478 e. The van der Waals surface area contributed by atoms with Crippen LogP contribution in [0.5, 0.6) is 0 Å². The van der Waals surface area contributed by atoms with Crippen molar-refractivity contribution >= 4 is 11.9 Å². The van der Waals surface area contributed by atoms with Gasteiger partial charge in [0.15, 0.2) is 0 Å². The molecule has 4 nitrogen and oxygen atoms in total. The normalized spacial score (nSPS) is 16.3. The molecular weight excluding hydrogens is 160 g/mol. The average molecular weight is 168 g/mol. The Morgan fingerprint density at radius 2 is 1.33 bits per heavy atom. The van der Waals surface area contributed by atoms with E-state index in [0.717, 1.165) is 0 Å². The van der Waals surface area contributed by atoms with E-state index < -0.39 is 11.9 Å². The van der Waals surface area contributed by atoms with Gasteiger partial charge in [0.1, 0.15) is 0 Å². The molecule has 4 heteroatoms. The van der Waals surface area contributed by atoms with Gasteiger partial charge >= 0.3 is 11.9 Å². The van der Waals surface area contributed by atoms with Gasteiger partial charge in [0.2, 0.25) is 0 Å². The molecule has 1 aliphatic carbocycles. The van der Waals surface area contributed by atoms with Crippen molar-refractivity contribution in [1.29, 1.82) is 0 Å². The number of allylic oxidation sites excluding steroid dienone is 2. The number of aliphatic carboxylic acids is 2. The summed E-state index contributed by atoms with van der Waals surface area (Å²) in [6.07, 6.45) is 3.74. The van der Waals surface area contributed by atoms with Gasteiger partial charge in [-0.15, -0.1) is 0 Å². The van der Waals surface area contributed by atoms with Gasteiger partial charge in [-0.3, -0.25) is 0 Å². The molecule has 0 spiro atoms. The molecule has 0 aromatic carbocycles. The van der Waals surface area contributed by atoms with Crippen molar-refractivity contribution < 1.29 is 19.8 Å². The summed E-state index contributed by atoms with van der Waals surface area (Å²) in [5, 5.41) is 17.2. The van der Waals surface area contributed by atoms with E-state index in [1.165, 1.54) is 0 Å². The highest BCUT2D eigenvalue weighted by Crippen LogP contribution is 2.19. The van der Waals surface area contributed by atoms with E-state index in [1.807, 2.05) is 0 Å². The average Bonchev–Trinajstić information content (AvgIpc) is 2.04. The molecule has 0 aromatic heterocycles. The highest BCUT2D eigenvalue weighted by molar-refractivity contribution is 5.99. The quantitative estimate of drug-likeness (QED) is 0.598. The molecule has 0 unspecified atom stereocenters. The molecule has 0 amide bonds. The van der Waals surface area contributed by atoms with E-state index in [1.54, 1.807) is 12.2 Å². The Balaban J connectivity index is 3.01. The Labute approximate surface area is 68.8 Å². The van der Waals surface area contributed by atoms with Crippen molar-refractivity contribution in [3.63, 3.8) is 0 Å². The molecule has 0 fully saturated rings. The highest BCUT2D eigenvalue weighted by Gasteiger charge is 2.19. The van der Waals surface area contributed by atoms with E-state index in [4.69, 9.17) is 10.2 Å². The number of carboxylic acid groups (broad SMARTS) is 2.